The molecule has 0 radical (unpaired) electrons. The number of carbonyl (C=O) groups excluding carboxylic acids is 2. The number of rotatable bonds is 4. The Morgan fingerprint density at radius 1 is 1.21 bits per heavy atom. The molecular formula is C10H8ClFO2. The lowest BCUT2D eigenvalue weighted by Crippen LogP contribution is -2.06. The van der Waals surface area contributed by atoms with Crippen LogP contribution in [0.3, 0.4) is 0 Å². The summed E-state index contributed by atoms with van der Waals surface area (Å²) in [7, 11) is 0. The van der Waals surface area contributed by atoms with Crippen LogP contribution in [0.4, 0.5) is 4.39 Å². The molecule has 0 aromatic heterocycles. The van der Waals surface area contributed by atoms with Gasteiger partial charge < -0.3 is 0 Å². The van der Waals surface area contributed by atoms with Crippen LogP contribution in [0.15, 0.2) is 24.3 Å². The first-order chi connectivity index (χ1) is 6.58. The average molecular weight is 215 g/mol. The van der Waals surface area contributed by atoms with E-state index in [4.69, 9.17) is 11.6 Å². The van der Waals surface area contributed by atoms with Crippen molar-refractivity contribution in [3.8, 4) is 0 Å². The number of Topliss-reactive ketones (excluding diaryl/α,β-unsaturated/α-hetero) is 1. The molecule has 1 aromatic rings. The van der Waals surface area contributed by atoms with Crippen LogP contribution in [0.1, 0.15) is 12.0 Å². The topological polar surface area (TPSA) is 34.1 Å². The minimum absolute atomic E-state index is 0.110. The fourth-order valence-corrected chi connectivity index (χ4v) is 1.20. The Balaban J connectivity index is 2.56. The second-order valence-electron chi connectivity index (χ2n) is 2.87. The van der Waals surface area contributed by atoms with Gasteiger partial charge in [-0.2, -0.15) is 0 Å². The molecular weight excluding hydrogens is 207 g/mol. The molecule has 0 saturated heterocycles. The van der Waals surface area contributed by atoms with E-state index < -0.39 is 5.24 Å². The number of hydrogen-bond donors (Lipinski definition) is 0. The SMILES string of the molecule is O=C(Cl)CC(=O)Cc1ccc(F)cc1. The molecule has 0 saturated carbocycles. The van der Waals surface area contributed by atoms with Crippen molar-refractivity contribution in [2.45, 2.75) is 12.8 Å². The zero-order valence-electron chi connectivity index (χ0n) is 7.30. The van der Waals surface area contributed by atoms with Crippen LogP contribution >= 0.6 is 11.6 Å². The lowest BCUT2D eigenvalue weighted by atomic mass is 10.1. The van der Waals surface area contributed by atoms with Crippen LogP contribution in [-0.2, 0) is 16.0 Å². The zero-order valence-corrected chi connectivity index (χ0v) is 8.05. The maximum absolute atomic E-state index is 12.5. The highest BCUT2D eigenvalue weighted by atomic mass is 35.5. The van der Waals surface area contributed by atoms with Crippen LogP contribution in [0, 0.1) is 5.82 Å². The molecule has 2 nitrogen and oxygen atoms in total. The number of ketones is 1. The highest BCUT2D eigenvalue weighted by Crippen LogP contribution is 2.05. The number of hydrogen-bond acceptors (Lipinski definition) is 2. The summed E-state index contributed by atoms with van der Waals surface area (Å²) in [5.41, 5.74) is 0.675. The summed E-state index contributed by atoms with van der Waals surface area (Å²) < 4.78 is 12.5. The second-order valence-corrected chi connectivity index (χ2v) is 3.30. The number of halogens is 2. The molecule has 0 fully saturated rings. The molecule has 0 atom stereocenters. The molecule has 0 aliphatic rings. The Kier molecular flexibility index (Phi) is 3.77. The molecule has 4 heteroatoms. The van der Waals surface area contributed by atoms with Gasteiger partial charge >= 0.3 is 0 Å². The predicted molar refractivity (Wildman–Crippen MR) is 50.6 cm³/mol. The van der Waals surface area contributed by atoms with Gasteiger partial charge in [-0.3, -0.25) is 9.59 Å². The first-order valence-electron chi connectivity index (χ1n) is 4.02. The number of benzene rings is 1. The lowest BCUT2D eigenvalue weighted by molar-refractivity contribution is -0.123. The molecule has 0 bridgehead atoms. The van der Waals surface area contributed by atoms with Crippen molar-refractivity contribution in [2.75, 3.05) is 0 Å². The average Bonchev–Trinajstić information content (AvgIpc) is 2.07. The van der Waals surface area contributed by atoms with Gasteiger partial charge in [0, 0.05) is 6.42 Å². The predicted octanol–water partition coefficient (Wildman–Crippen LogP) is 2.09. The van der Waals surface area contributed by atoms with Crippen molar-refractivity contribution in [1.82, 2.24) is 0 Å². The maximum Gasteiger partial charge on any atom is 0.229 e. The van der Waals surface area contributed by atoms with Crippen LogP contribution < -0.4 is 0 Å². The minimum Gasteiger partial charge on any atom is -0.299 e. The molecule has 74 valence electrons. The Bertz CT molecular complexity index is 346. The monoisotopic (exact) mass is 214 g/mol. The summed E-state index contributed by atoms with van der Waals surface area (Å²) in [6, 6.07) is 5.55. The van der Waals surface area contributed by atoms with Crippen molar-refractivity contribution in [3.63, 3.8) is 0 Å². The van der Waals surface area contributed by atoms with Crippen molar-refractivity contribution in [2.24, 2.45) is 0 Å². The van der Waals surface area contributed by atoms with Gasteiger partial charge in [-0.05, 0) is 29.3 Å². The van der Waals surface area contributed by atoms with Gasteiger partial charge in [-0.1, -0.05) is 12.1 Å². The van der Waals surface area contributed by atoms with E-state index in [9.17, 15) is 14.0 Å². The Morgan fingerprint density at radius 2 is 1.79 bits per heavy atom. The summed E-state index contributed by atoms with van der Waals surface area (Å²) in [5.74, 6) is -0.619. The van der Waals surface area contributed by atoms with Gasteiger partial charge in [-0.25, -0.2) is 4.39 Å². The van der Waals surface area contributed by atoms with Gasteiger partial charge in [0.1, 0.15) is 11.6 Å². The largest absolute Gasteiger partial charge is 0.299 e. The highest BCUT2D eigenvalue weighted by Gasteiger charge is 2.07. The molecule has 0 spiro atoms. The summed E-state index contributed by atoms with van der Waals surface area (Å²) in [4.78, 5) is 21.5. The third-order valence-corrected chi connectivity index (χ3v) is 1.78. The Hall–Kier alpha value is -1.22. The van der Waals surface area contributed by atoms with E-state index in [0.29, 0.717) is 5.56 Å². The van der Waals surface area contributed by atoms with E-state index in [2.05, 4.69) is 0 Å². The first kappa shape index (κ1) is 10.9. The summed E-state index contributed by atoms with van der Waals surface area (Å²) in [5, 5.41) is -0.669. The van der Waals surface area contributed by atoms with Gasteiger partial charge in [0.25, 0.3) is 0 Å². The van der Waals surface area contributed by atoms with E-state index in [0.717, 1.165) is 0 Å². The normalized spacial score (nSPS) is 9.86. The van der Waals surface area contributed by atoms with E-state index in [-0.39, 0.29) is 24.4 Å². The summed E-state index contributed by atoms with van der Waals surface area (Å²) >= 11 is 5.04. The molecule has 0 aliphatic carbocycles. The standard InChI is InChI=1S/C10H8ClFO2/c11-10(14)6-9(13)5-7-1-3-8(12)4-2-7/h1-4H,5-6H2. The van der Waals surface area contributed by atoms with Crippen LogP contribution in [0.2, 0.25) is 0 Å². The van der Waals surface area contributed by atoms with Crippen molar-refractivity contribution in [1.29, 1.82) is 0 Å². The second kappa shape index (κ2) is 4.86. The summed E-state index contributed by atoms with van der Waals surface area (Å²) in [6.07, 6.45) is -0.169. The fraction of sp³-hybridized carbons (Fsp3) is 0.200. The van der Waals surface area contributed by atoms with Gasteiger partial charge in [0.15, 0.2) is 0 Å². The fourth-order valence-electron chi connectivity index (χ4n) is 1.05. The zero-order chi connectivity index (χ0) is 10.6. The lowest BCUT2D eigenvalue weighted by Gasteiger charge is -1.98. The van der Waals surface area contributed by atoms with Gasteiger partial charge in [0.2, 0.25) is 5.24 Å². The van der Waals surface area contributed by atoms with E-state index in [1.54, 1.807) is 0 Å². The molecule has 0 unspecified atom stereocenters. The summed E-state index contributed by atoms with van der Waals surface area (Å²) in [6.45, 7) is 0. The minimum atomic E-state index is -0.669. The molecule has 0 N–H and O–H groups in total. The molecule has 0 heterocycles. The highest BCUT2D eigenvalue weighted by molar-refractivity contribution is 6.64. The maximum atomic E-state index is 12.5. The van der Waals surface area contributed by atoms with Crippen molar-refractivity contribution in [3.05, 3.63) is 35.6 Å². The molecule has 0 aliphatic heterocycles. The molecule has 14 heavy (non-hydrogen) atoms. The van der Waals surface area contributed by atoms with Gasteiger partial charge in [-0.15, -0.1) is 0 Å². The van der Waals surface area contributed by atoms with E-state index >= 15 is 0 Å². The van der Waals surface area contributed by atoms with Crippen molar-refractivity contribution >= 4 is 22.6 Å². The van der Waals surface area contributed by atoms with Gasteiger partial charge in [0.05, 0.1) is 6.42 Å². The first-order valence-corrected chi connectivity index (χ1v) is 4.40. The Labute approximate surface area is 85.7 Å². The third kappa shape index (κ3) is 3.66. The van der Waals surface area contributed by atoms with Crippen LogP contribution in [0.25, 0.3) is 0 Å². The third-order valence-electron chi connectivity index (χ3n) is 1.65. The van der Waals surface area contributed by atoms with Crippen molar-refractivity contribution < 1.29 is 14.0 Å². The quantitative estimate of drug-likeness (QED) is 0.568. The molecule has 1 aromatic carbocycles. The van der Waals surface area contributed by atoms with Crippen LogP contribution in [-0.4, -0.2) is 11.0 Å². The Morgan fingerprint density at radius 3 is 2.29 bits per heavy atom. The smallest absolute Gasteiger partial charge is 0.229 e. The van der Waals surface area contributed by atoms with E-state index in [1.807, 2.05) is 0 Å². The number of carbonyl (C=O) groups is 2. The molecule has 1 rings (SSSR count). The molecule has 0 amide bonds. The van der Waals surface area contributed by atoms with Crippen LogP contribution in [0.5, 0.6) is 0 Å². The van der Waals surface area contributed by atoms with E-state index in [1.165, 1.54) is 24.3 Å².